The van der Waals surface area contributed by atoms with Crippen molar-refractivity contribution in [2.75, 3.05) is 0 Å². The van der Waals surface area contributed by atoms with Gasteiger partial charge >= 0.3 is 5.97 Å². The normalized spacial score (nSPS) is 10.4. The van der Waals surface area contributed by atoms with E-state index in [0.29, 0.717) is 0 Å². The van der Waals surface area contributed by atoms with Crippen molar-refractivity contribution in [3.63, 3.8) is 0 Å². The Morgan fingerprint density at radius 2 is 1.94 bits per heavy atom. The Bertz CT molecular complexity index is 441. The van der Waals surface area contributed by atoms with Crippen molar-refractivity contribution in [1.82, 2.24) is 0 Å². The second-order valence-electron chi connectivity index (χ2n) is 3.79. The average Bonchev–Trinajstić information content (AvgIpc) is 2.22. The molecule has 0 N–H and O–H groups in total. The third-order valence-corrected chi connectivity index (χ3v) is 1.93. The van der Waals surface area contributed by atoms with Gasteiger partial charge in [0.15, 0.2) is 0 Å². The maximum absolute atomic E-state index is 13.2. The summed E-state index contributed by atoms with van der Waals surface area (Å²) in [5, 5.41) is 0. The van der Waals surface area contributed by atoms with E-state index < -0.39 is 35.9 Å². The minimum absolute atomic E-state index is 0.157. The number of rotatable bonds is 4. The van der Waals surface area contributed by atoms with Crippen LogP contribution in [0, 0.1) is 11.6 Å². The standard InChI is InChI=1S/C12H12F2O3/c1-7(2)17-12(16)11(15)6-8-5-9(13)3-4-10(8)14/h3-5,7H,6H2,1-2H3. The van der Waals surface area contributed by atoms with E-state index in [9.17, 15) is 18.4 Å². The van der Waals surface area contributed by atoms with Crippen molar-refractivity contribution in [3.05, 3.63) is 35.4 Å². The van der Waals surface area contributed by atoms with E-state index in [2.05, 4.69) is 4.74 Å². The van der Waals surface area contributed by atoms with Crippen LogP contribution in [0.25, 0.3) is 0 Å². The number of carbonyl (C=O) groups is 2. The van der Waals surface area contributed by atoms with Gasteiger partial charge in [0.1, 0.15) is 11.6 Å². The molecular formula is C12H12F2O3. The number of carbonyl (C=O) groups excluding carboxylic acids is 2. The molecule has 0 saturated heterocycles. The summed E-state index contributed by atoms with van der Waals surface area (Å²) in [7, 11) is 0. The van der Waals surface area contributed by atoms with Gasteiger partial charge in [-0.15, -0.1) is 0 Å². The molecule has 0 bridgehead atoms. The summed E-state index contributed by atoms with van der Waals surface area (Å²) in [6.45, 7) is 3.18. The molecule has 0 fully saturated rings. The molecule has 0 saturated carbocycles. The average molecular weight is 242 g/mol. The lowest BCUT2D eigenvalue weighted by Gasteiger charge is -2.07. The zero-order valence-corrected chi connectivity index (χ0v) is 9.50. The third kappa shape index (κ3) is 3.94. The lowest BCUT2D eigenvalue weighted by atomic mass is 10.1. The number of esters is 1. The SMILES string of the molecule is CC(C)OC(=O)C(=O)Cc1cc(F)ccc1F. The van der Waals surface area contributed by atoms with E-state index in [1.54, 1.807) is 13.8 Å². The van der Waals surface area contributed by atoms with Crippen molar-refractivity contribution >= 4 is 11.8 Å². The second kappa shape index (κ2) is 5.52. The molecule has 1 aromatic rings. The molecule has 1 aromatic carbocycles. The molecule has 0 aliphatic heterocycles. The van der Waals surface area contributed by atoms with Crippen molar-refractivity contribution < 1.29 is 23.1 Å². The Balaban J connectivity index is 2.74. The first kappa shape index (κ1) is 13.3. The van der Waals surface area contributed by atoms with Gasteiger partial charge in [0.25, 0.3) is 0 Å². The van der Waals surface area contributed by atoms with E-state index in [0.717, 1.165) is 18.2 Å². The highest BCUT2D eigenvalue weighted by Crippen LogP contribution is 2.11. The van der Waals surface area contributed by atoms with Crippen molar-refractivity contribution in [2.24, 2.45) is 0 Å². The van der Waals surface area contributed by atoms with E-state index in [4.69, 9.17) is 0 Å². The second-order valence-corrected chi connectivity index (χ2v) is 3.79. The number of ether oxygens (including phenoxy) is 1. The Morgan fingerprint density at radius 1 is 1.29 bits per heavy atom. The summed E-state index contributed by atoms with van der Waals surface area (Å²) in [5.41, 5.74) is -0.157. The van der Waals surface area contributed by atoms with Crippen LogP contribution in [0.3, 0.4) is 0 Å². The van der Waals surface area contributed by atoms with Gasteiger partial charge in [-0.05, 0) is 37.6 Å². The molecule has 5 heteroatoms. The Hall–Kier alpha value is -1.78. The van der Waals surface area contributed by atoms with Gasteiger partial charge in [0.05, 0.1) is 6.10 Å². The number of halogens is 2. The fourth-order valence-corrected chi connectivity index (χ4v) is 1.20. The highest BCUT2D eigenvalue weighted by Gasteiger charge is 2.19. The van der Waals surface area contributed by atoms with Crippen LogP contribution in [-0.2, 0) is 20.7 Å². The topological polar surface area (TPSA) is 43.4 Å². The number of hydrogen-bond donors (Lipinski definition) is 0. The van der Waals surface area contributed by atoms with E-state index >= 15 is 0 Å². The summed E-state index contributed by atoms with van der Waals surface area (Å²) in [6, 6.07) is 2.73. The van der Waals surface area contributed by atoms with Gasteiger partial charge in [-0.25, -0.2) is 13.6 Å². The van der Waals surface area contributed by atoms with Gasteiger partial charge in [-0.3, -0.25) is 4.79 Å². The molecule has 3 nitrogen and oxygen atoms in total. The number of ketones is 1. The molecule has 0 aliphatic carbocycles. The summed E-state index contributed by atoms with van der Waals surface area (Å²) in [5.74, 6) is -3.32. The maximum Gasteiger partial charge on any atom is 0.375 e. The van der Waals surface area contributed by atoms with Crippen molar-refractivity contribution in [3.8, 4) is 0 Å². The molecule has 0 aromatic heterocycles. The first-order valence-electron chi connectivity index (χ1n) is 5.08. The van der Waals surface area contributed by atoms with Gasteiger partial charge in [0, 0.05) is 6.42 Å². The first-order chi connectivity index (χ1) is 7.90. The number of Topliss-reactive ketones (excluding diaryl/α,β-unsaturated/α-hetero) is 1. The molecule has 1 rings (SSSR count). The summed E-state index contributed by atoms with van der Waals surface area (Å²) >= 11 is 0. The van der Waals surface area contributed by atoms with Crippen LogP contribution in [0.5, 0.6) is 0 Å². The minimum atomic E-state index is -1.04. The maximum atomic E-state index is 13.2. The predicted molar refractivity (Wildman–Crippen MR) is 56.3 cm³/mol. The fourth-order valence-electron chi connectivity index (χ4n) is 1.20. The Kier molecular flexibility index (Phi) is 4.31. The molecule has 92 valence electrons. The minimum Gasteiger partial charge on any atom is -0.457 e. The molecule has 0 aliphatic rings. The molecule has 0 unspecified atom stereocenters. The lowest BCUT2D eigenvalue weighted by molar-refractivity contribution is -0.156. The van der Waals surface area contributed by atoms with Gasteiger partial charge in [-0.2, -0.15) is 0 Å². The van der Waals surface area contributed by atoms with Crippen LogP contribution < -0.4 is 0 Å². The van der Waals surface area contributed by atoms with Crippen molar-refractivity contribution in [2.45, 2.75) is 26.4 Å². The van der Waals surface area contributed by atoms with Crippen LogP contribution >= 0.6 is 0 Å². The number of benzene rings is 1. The van der Waals surface area contributed by atoms with Crippen LogP contribution in [0.1, 0.15) is 19.4 Å². The third-order valence-electron chi connectivity index (χ3n) is 1.93. The predicted octanol–water partition coefficient (Wildman–Crippen LogP) is 2.03. The van der Waals surface area contributed by atoms with Crippen LogP contribution in [0.2, 0.25) is 0 Å². The molecule has 0 spiro atoms. The molecule has 0 heterocycles. The van der Waals surface area contributed by atoms with E-state index in [1.807, 2.05) is 0 Å². The van der Waals surface area contributed by atoms with Crippen molar-refractivity contribution in [1.29, 1.82) is 0 Å². The van der Waals surface area contributed by atoms with E-state index in [1.165, 1.54) is 0 Å². The highest BCUT2D eigenvalue weighted by molar-refractivity contribution is 6.34. The summed E-state index contributed by atoms with van der Waals surface area (Å²) in [6.07, 6.45) is -0.932. The highest BCUT2D eigenvalue weighted by atomic mass is 19.1. The molecule has 0 amide bonds. The molecule has 0 atom stereocenters. The quantitative estimate of drug-likeness (QED) is 0.599. The summed E-state index contributed by atoms with van der Waals surface area (Å²) in [4.78, 5) is 22.5. The zero-order valence-electron chi connectivity index (χ0n) is 9.50. The molecule has 17 heavy (non-hydrogen) atoms. The van der Waals surface area contributed by atoms with Gasteiger partial charge in [-0.1, -0.05) is 0 Å². The van der Waals surface area contributed by atoms with E-state index in [-0.39, 0.29) is 5.56 Å². The van der Waals surface area contributed by atoms with Gasteiger partial charge in [0.2, 0.25) is 5.78 Å². The molecule has 0 radical (unpaired) electrons. The molecular weight excluding hydrogens is 230 g/mol. The number of hydrogen-bond acceptors (Lipinski definition) is 3. The fraction of sp³-hybridized carbons (Fsp3) is 0.333. The van der Waals surface area contributed by atoms with Crippen LogP contribution in [-0.4, -0.2) is 17.9 Å². The monoisotopic (exact) mass is 242 g/mol. The lowest BCUT2D eigenvalue weighted by Crippen LogP contribution is -2.23. The van der Waals surface area contributed by atoms with Gasteiger partial charge < -0.3 is 4.74 Å². The summed E-state index contributed by atoms with van der Waals surface area (Å²) < 4.78 is 30.6. The Labute approximate surface area is 97.4 Å². The smallest absolute Gasteiger partial charge is 0.375 e. The van der Waals surface area contributed by atoms with Crippen LogP contribution in [0.4, 0.5) is 8.78 Å². The van der Waals surface area contributed by atoms with Crippen LogP contribution in [0.15, 0.2) is 18.2 Å². The first-order valence-corrected chi connectivity index (χ1v) is 5.08. The zero-order chi connectivity index (χ0) is 13.0. The largest absolute Gasteiger partial charge is 0.457 e. The Morgan fingerprint density at radius 3 is 2.53 bits per heavy atom.